The summed E-state index contributed by atoms with van der Waals surface area (Å²) in [5.74, 6) is -0.765. The van der Waals surface area contributed by atoms with Gasteiger partial charge in [-0.2, -0.15) is 13.2 Å². The maximum atomic E-state index is 12.2. The van der Waals surface area contributed by atoms with Crippen LogP contribution in [0.4, 0.5) is 13.2 Å². The Kier molecular flexibility index (Phi) is 9.24. The number of aromatic nitrogens is 2. The lowest BCUT2D eigenvalue weighted by atomic mass is 9.93. The molecule has 2 N–H and O–H groups in total. The van der Waals surface area contributed by atoms with Crippen LogP contribution in [0.1, 0.15) is 48.5 Å². The number of furan rings is 1. The predicted octanol–water partition coefficient (Wildman–Crippen LogP) is 4.87. The molecule has 1 fully saturated rings. The van der Waals surface area contributed by atoms with Crippen molar-refractivity contribution in [2.24, 2.45) is 0 Å². The number of H-pyrrole nitrogens is 1. The fraction of sp³-hybridized carbons (Fsp3) is 0.346. The summed E-state index contributed by atoms with van der Waals surface area (Å²) in [7, 11) is 0. The van der Waals surface area contributed by atoms with E-state index in [1.165, 1.54) is 5.57 Å². The Morgan fingerprint density at radius 3 is 2.44 bits per heavy atom. The maximum Gasteiger partial charge on any atom is 0.490 e. The van der Waals surface area contributed by atoms with Crippen LogP contribution < -0.4 is 5.56 Å². The first-order valence-electron chi connectivity index (χ1n) is 11.5. The molecule has 7 nitrogen and oxygen atoms in total. The van der Waals surface area contributed by atoms with Gasteiger partial charge in [-0.25, -0.2) is 9.78 Å². The number of nitrogens with one attached hydrogen (secondary N) is 1. The Balaban J connectivity index is 0.000000454. The van der Waals surface area contributed by atoms with Gasteiger partial charge < -0.3 is 14.5 Å². The number of carboxylic acid groups (broad SMARTS) is 1. The number of carboxylic acids is 1. The number of likely N-dealkylation sites (tertiary alicyclic amines) is 1. The Morgan fingerprint density at radius 1 is 1.19 bits per heavy atom. The number of piperidine rings is 1. The first kappa shape index (κ1) is 26.9. The van der Waals surface area contributed by atoms with Crippen molar-refractivity contribution in [3.8, 4) is 0 Å². The van der Waals surface area contributed by atoms with E-state index in [1.807, 2.05) is 30.3 Å². The Labute approximate surface area is 206 Å². The van der Waals surface area contributed by atoms with Gasteiger partial charge >= 0.3 is 12.1 Å². The first-order chi connectivity index (χ1) is 17.1. The van der Waals surface area contributed by atoms with Crippen molar-refractivity contribution < 1.29 is 27.5 Å². The highest BCUT2D eigenvalue weighted by molar-refractivity contribution is 5.73. The molecule has 1 saturated heterocycles. The van der Waals surface area contributed by atoms with Crippen molar-refractivity contribution in [1.29, 1.82) is 0 Å². The number of aliphatic carboxylic acids is 1. The summed E-state index contributed by atoms with van der Waals surface area (Å²) in [6.07, 6.45) is 1.41. The van der Waals surface area contributed by atoms with E-state index in [-0.39, 0.29) is 5.56 Å². The molecule has 1 aliphatic rings. The fourth-order valence-electron chi connectivity index (χ4n) is 4.01. The summed E-state index contributed by atoms with van der Waals surface area (Å²) in [6.45, 7) is 5.10. The molecular weight excluding hydrogens is 475 g/mol. The SMILES string of the molecule is C/C(=C\c1ccco1)CN1CCC(c2cc(=O)[nH]c(Cc3ccccc3)n2)CC1.O=C(O)C(F)(F)F. The maximum absolute atomic E-state index is 12.2. The third-order valence-electron chi connectivity index (χ3n) is 5.68. The standard InChI is InChI=1S/C24H27N3O2.C2HF3O2/c1-18(14-21-8-5-13-29-21)17-27-11-9-20(10-12-27)22-16-24(28)26-23(25-22)15-19-6-3-2-4-7-19;3-2(4,5)1(6)7/h2-8,13-14,16,20H,9-12,15,17H2,1H3,(H,25,26,28);(H,6,7)/b18-14+;. The van der Waals surface area contributed by atoms with Crippen LogP contribution in [-0.2, 0) is 11.2 Å². The van der Waals surface area contributed by atoms with Crippen LogP contribution in [0.15, 0.2) is 69.6 Å². The summed E-state index contributed by atoms with van der Waals surface area (Å²) in [5, 5.41) is 7.12. The topological polar surface area (TPSA) is 99.4 Å². The van der Waals surface area contributed by atoms with Crippen molar-refractivity contribution in [3.05, 3.63) is 93.6 Å². The Bertz CT molecular complexity index is 1200. The predicted molar refractivity (Wildman–Crippen MR) is 129 cm³/mol. The molecule has 0 atom stereocenters. The van der Waals surface area contributed by atoms with Crippen molar-refractivity contribution in [2.45, 2.75) is 38.3 Å². The largest absolute Gasteiger partial charge is 0.490 e. The van der Waals surface area contributed by atoms with E-state index in [1.54, 1.807) is 12.3 Å². The van der Waals surface area contributed by atoms with Gasteiger partial charge in [-0.1, -0.05) is 35.9 Å². The van der Waals surface area contributed by atoms with Gasteiger partial charge in [-0.15, -0.1) is 0 Å². The average Bonchev–Trinajstić information content (AvgIpc) is 3.32. The van der Waals surface area contributed by atoms with Crippen molar-refractivity contribution in [2.75, 3.05) is 19.6 Å². The number of nitrogens with zero attached hydrogens (tertiary/aromatic N) is 2. The van der Waals surface area contributed by atoms with E-state index in [4.69, 9.17) is 19.3 Å². The number of carbonyl (C=O) groups is 1. The summed E-state index contributed by atoms with van der Waals surface area (Å²) in [4.78, 5) is 31.2. The van der Waals surface area contributed by atoms with E-state index in [0.717, 1.165) is 55.3 Å². The molecule has 0 unspecified atom stereocenters. The van der Waals surface area contributed by atoms with E-state index in [0.29, 0.717) is 12.3 Å². The van der Waals surface area contributed by atoms with Crippen LogP contribution in [-0.4, -0.2) is 51.8 Å². The van der Waals surface area contributed by atoms with Crippen molar-refractivity contribution >= 4 is 12.0 Å². The number of alkyl halides is 3. The molecule has 1 aliphatic heterocycles. The number of halogens is 3. The Morgan fingerprint density at radius 2 is 1.86 bits per heavy atom. The van der Waals surface area contributed by atoms with Gasteiger partial charge in [0.15, 0.2) is 0 Å². The van der Waals surface area contributed by atoms with Gasteiger partial charge in [0.25, 0.3) is 5.56 Å². The van der Waals surface area contributed by atoms with Crippen LogP contribution in [0.25, 0.3) is 6.08 Å². The quantitative estimate of drug-likeness (QED) is 0.498. The van der Waals surface area contributed by atoms with Gasteiger partial charge in [0, 0.05) is 24.9 Å². The van der Waals surface area contributed by atoms with Crippen LogP contribution >= 0.6 is 0 Å². The molecule has 0 radical (unpaired) electrons. The van der Waals surface area contributed by atoms with Crippen molar-refractivity contribution in [3.63, 3.8) is 0 Å². The lowest BCUT2D eigenvalue weighted by Crippen LogP contribution is -2.34. The lowest BCUT2D eigenvalue weighted by Gasteiger charge is -2.31. The highest BCUT2D eigenvalue weighted by atomic mass is 19.4. The third-order valence-corrected chi connectivity index (χ3v) is 5.68. The molecule has 0 amide bonds. The van der Waals surface area contributed by atoms with Crippen LogP contribution in [0, 0.1) is 0 Å². The highest BCUT2D eigenvalue weighted by Crippen LogP contribution is 2.26. The molecule has 0 spiro atoms. The summed E-state index contributed by atoms with van der Waals surface area (Å²) < 4.78 is 37.1. The molecule has 3 heterocycles. The normalized spacial score (nSPS) is 15.3. The molecule has 2 aromatic heterocycles. The van der Waals surface area contributed by atoms with Gasteiger partial charge in [0.05, 0.1) is 12.0 Å². The minimum Gasteiger partial charge on any atom is -0.475 e. The summed E-state index contributed by atoms with van der Waals surface area (Å²) in [5.41, 5.74) is 3.32. The fourth-order valence-corrected chi connectivity index (χ4v) is 4.01. The minimum atomic E-state index is -5.08. The first-order valence-corrected chi connectivity index (χ1v) is 11.5. The van der Waals surface area contributed by atoms with E-state index in [9.17, 15) is 18.0 Å². The molecule has 0 bridgehead atoms. The smallest absolute Gasteiger partial charge is 0.475 e. The minimum absolute atomic E-state index is 0.0550. The van der Waals surface area contributed by atoms with E-state index in [2.05, 4.69) is 35.0 Å². The zero-order valence-electron chi connectivity index (χ0n) is 19.8. The second-order valence-corrected chi connectivity index (χ2v) is 8.64. The average molecular weight is 504 g/mol. The number of aromatic amines is 1. The van der Waals surface area contributed by atoms with Gasteiger partial charge in [-0.3, -0.25) is 9.69 Å². The van der Waals surface area contributed by atoms with Crippen LogP contribution in [0.2, 0.25) is 0 Å². The molecule has 36 heavy (non-hydrogen) atoms. The number of hydrogen-bond donors (Lipinski definition) is 2. The zero-order chi connectivity index (χ0) is 26.1. The second kappa shape index (κ2) is 12.3. The molecule has 4 rings (SSSR count). The van der Waals surface area contributed by atoms with E-state index >= 15 is 0 Å². The molecule has 1 aromatic carbocycles. The molecule has 3 aromatic rings. The molecule has 192 valence electrons. The van der Waals surface area contributed by atoms with Crippen molar-refractivity contribution in [1.82, 2.24) is 14.9 Å². The van der Waals surface area contributed by atoms with Crippen LogP contribution in [0.5, 0.6) is 0 Å². The van der Waals surface area contributed by atoms with E-state index < -0.39 is 12.1 Å². The Hall–Kier alpha value is -3.66. The lowest BCUT2D eigenvalue weighted by molar-refractivity contribution is -0.192. The second-order valence-electron chi connectivity index (χ2n) is 8.64. The molecule has 0 saturated carbocycles. The molecule has 10 heteroatoms. The summed E-state index contributed by atoms with van der Waals surface area (Å²) in [6, 6.07) is 15.7. The number of rotatable bonds is 6. The zero-order valence-corrected chi connectivity index (χ0v) is 19.8. The van der Waals surface area contributed by atoms with Gasteiger partial charge in [0.1, 0.15) is 11.6 Å². The third kappa shape index (κ3) is 8.53. The molecular formula is C26H28F3N3O4. The number of benzene rings is 1. The van der Waals surface area contributed by atoms with Crippen LogP contribution in [0.3, 0.4) is 0 Å². The monoisotopic (exact) mass is 503 g/mol. The van der Waals surface area contributed by atoms with Gasteiger partial charge in [0.2, 0.25) is 0 Å². The summed E-state index contributed by atoms with van der Waals surface area (Å²) >= 11 is 0. The molecule has 0 aliphatic carbocycles. The highest BCUT2D eigenvalue weighted by Gasteiger charge is 2.38. The van der Waals surface area contributed by atoms with Gasteiger partial charge in [-0.05, 0) is 56.6 Å². The number of hydrogen-bond acceptors (Lipinski definition) is 5.